The number of carbonyl (C=O) groups excluding carboxylic acids is 3. The van der Waals surface area contributed by atoms with Gasteiger partial charge < -0.3 is 20.0 Å². The molecule has 2 aliphatic rings. The van der Waals surface area contributed by atoms with Crippen LogP contribution in [0.5, 0.6) is 0 Å². The Morgan fingerprint density at radius 1 is 1.15 bits per heavy atom. The zero-order chi connectivity index (χ0) is 19.6. The van der Waals surface area contributed by atoms with Crippen LogP contribution in [0.15, 0.2) is 24.3 Å². The molecule has 146 valence electrons. The number of nitrogens with one attached hydrogen (secondary N) is 1. The standard InChI is InChI=1S/C19H25FN4O3/c1-13(19(27)23-9-7-22(2)8-10-23)21-18(26)14-11-17(25)24(12-14)16-5-3-15(20)4-6-16/h3-6,13-14H,7-12H2,1-2H3,(H,21,26). The van der Waals surface area contributed by atoms with Crippen molar-refractivity contribution in [2.24, 2.45) is 5.92 Å². The van der Waals surface area contributed by atoms with E-state index in [0.717, 1.165) is 13.1 Å². The third kappa shape index (κ3) is 4.44. The Morgan fingerprint density at radius 2 is 1.78 bits per heavy atom. The lowest BCUT2D eigenvalue weighted by Crippen LogP contribution is -2.54. The summed E-state index contributed by atoms with van der Waals surface area (Å²) in [6.07, 6.45) is 0.0820. The summed E-state index contributed by atoms with van der Waals surface area (Å²) >= 11 is 0. The number of anilines is 1. The fourth-order valence-electron chi connectivity index (χ4n) is 3.45. The monoisotopic (exact) mass is 376 g/mol. The lowest BCUT2D eigenvalue weighted by molar-refractivity contribution is -0.138. The number of hydrogen-bond donors (Lipinski definition) is 1. The molecule has 2 aliphatic heterocycles. The van der Waals surface area contributed by atoms with Crippen LogP contribution in [-0.2, 0) is 14.4 Å². The van der Waals surface area contributed by atoms with E-state index in [1.165, 1.54) is 29.2 Å². The first kappa shape index (κ1) is 19.3. The average molecular weight is 376 g/mol. The molecule has 3 amide bonds. The zero-order valence-electron chi connectivity index (χ0n) is 15.7. The highest BCUT2D eigenvalue weighted by atomic mass is 19.1. The molecule has 0 aliphatic carbocycles. The highest BCUT2D eigenvalue weighted by Crippen LogP contribution is 2.25. The SMILES string of the molecule is CC(NC(=O)C1CC(=O)N(c2ccc(F)cc2)C1)C(=O)N1CCN(C)CC1. The summed E-state index contributed by atoms with van der Waals surface area (Å²) in [4.78, 5) is 42.7. The Bertz CT molecular complexity index is 716. The maximum Gasteiger partial charge on any atom is 0.244 e. The first-order valence-electron chi connectivity index (χ1n) is 9.19. The van der Waals surface area contributed by atoms with Crippen molar-refractivity contribution in [3.8, 4) is 0 Å². The molecule has 7 nitrogen and oxygen atoms in total. The topological polar surface area (TPSA) is 73.0 Å². The summed E-state index contributed by atoms with van der Waals surface area (Å²) in [6.45, 7) is 4.83. The highest BCUT2D eigenvalue weighted by Gasteiger charge is 2.36. The molecule has 8 heteroatoms. The van der Waals surface area contributed by atoms with E-state index in [1.807, 2.05) is 7.05 Å². The summed E-state index contributed by atoms with van der Waals surface area (Å²) < 4.78 is 13.1. The number of nitrogens with zero attached hydrogens (tertiary/aromatic N) is 3. The Labute approximate surface area is 158 Å². The van der Waals surface area contributed by atoms with E-state index in [0.29, 0.717) is 18.8 Å². The van der Waals surface area contributed by atoms with E-state index in [9.17, 15) is 18.8 Å². The molecule has 2 unspecified atom stereocenters. The van der Waals surface area contributed by atoms with Gasteiger partial charge in [0.15, 0.2) is 0 Å². The molecular weight excluding hydrogens is 351 g/mol. The molecule has 2 atom stereocenters. The normalized spacial score (nSPS) is 22.0. The van der Waals surface area contributed by atoms with Gasteiger partial charge in [-0.05, 0) is 38.2 Å². The molecule has 2 saturated heterocycles. The summed E-state index contributed by atoms with van der Waals surface area (Å²) in [5, 5.41) is 2.75. The lowest BCUT2D eigenvalue weighted by Gasteiger charge is -2.34. The largest absolute Gasteiger partial charge is 0.344 e. The molecule has 1 N–H and O–H groups in total. The quantitative estimate of drug-likeness (QED) is 0.829. The van der Waals surface area contributed by atoms with Crippen LogP contribution in [-0.4, -0.2) is 73.3 Å². The number of carbonyl (C=O) groups is 3. The van der Waals surface area contributed by atoms with E-state index >= 15 is 0 Å². The minimum atomic E-state index is -0.629. The van der Waals surface area contributed by atoms with Crippen LogP contribution < -0.4 is 10.2 Å². The van der Waals surface area contributed by atoms with Gasteiger partial charge in [0.1, 0.15) is 11.9 Å². The number of amides is 3. The second-order valence-corrected chi connectivity index (χ2v) is 7.24. The second-order valence-electron chi connectivity index (χ2n) is 7.24. The second kappa shape index (κ2) is 8.04. The molecule has 0 spiro atoms. The van der Waals surface area contributed by atoms with Gasteiger partial charge in [-0.1, -0.05) is 0 Å². The van der Waals surface area contributed by atoms with E-state index < -0.39 is 12.0 Å². The first-order chi connectivity index (χ1) is 12.8. The summed E-state index contributed by atoms with van der Waals surface area (Å²) in [7, 11) is 2.01. The van der Waals surface area contributed by atoms with E-state index in [4.69, 9.17) is 0 Å². The van der Waals surface area contributed by atoms with Gasteiger partial charge in [-0.25, -0.2) is 4.39 Å². The maximum absolute atomic E-state index is 13.1. The fourth-order valence-corrected chi connectivity index (χ4v) is 3.45. The predicted octanol–water partition coefficient (Wildman–Crippen LogP) is 0.457. The molecule has 1 aromatic rings. The van der Waals surface area contributed by atoms with Crippen molar-refractivity contribution in [1.82, 2.24) is 15.1 Å². The third-order valence-corrected chi connectivity index (χ3v) is 5.18. The number of rotatable bonds is 4. The smallest absolute Gasteiger partial charge is 0.244 e. The van der Waals surface area contributed by atoms with Gasteiger partial charge in [0.2, 0.25) is 17.7 Å². The molecule has 27 heavy (non-hydrogen) atoms. The number of likely N-dealkylation sites (N-methyl/N-ethyl adjacent to an activating group) is 1. The summed E-state index contributed by atoms with van der Waals surface area (Å²) in [6, 6.07) is 4.98. The van der Waals surface area contributed by atoms with Crippen molar-refractivity contribution in [2.45, 2.75) is 19.4 Å². The summed E-state index contributed by atoms with van der Waals surface area (Å²) in [5.74, 6) is -1.49. The van der Waals surface area contributed by atoms with Gasteiger partial charge in [0.05, 0.1) is 5.92 Å². The van der Waals surface area contributed by atoms with Gasteiger partial charge in [0, 0.05) is 44.8 Å². The molecule has 0 radical (unpaired) electrons. The van der Waals surface area contributed by atoms with Crippen molar-refractivity contribution in [3.63, 3.8) is 0 Å². The van der Waals surface area contributed by atoms with Crippen molar-refractivity contribution < 1.29 is 18.8 Å². The molecule has 2 fully saturated rings. The number of halogens is 1. The minimum absolute atomic E-state index is 0.0820. The molecular formula is C19H25FN4O3. The molecule has 3 rings (SSSR count). The van der Waals surface area contributed by atoms with Crippen LogP contribution in [0.3, 0.4) is 0 Å². The van der Waals surface area contributed by atoms with Gasteiger partial charge in [-0.3, -0.25) is 14.4 Å². The van der Waals surface area contributed by atoms with Crippen LogP contribution in [0.1, 0.15) is 13.3 Å². The van der Waals surface area contributed by atoms with Crippen LogP contribution in [0.4, 0.5) is 10.1 Å². The average Bonchev–Trinajstić information content (AvgIpc) is 3.04. The molecule has 0 aromatic heterocycles. The lowest BCUT2D eigenvalue weighted by atomic mass is 10.1. The number of piperazine rings is 1. The minimum Gasteiger partial charge on any atom is -0.344 e. The van der Waals surface area contributed by atoms with Crippen molar-refractivity contribution in [3.05, 3.63) is 30.1 Å². The van der Waals surface area contributed by atoms with Gasteiger partial charge in [-0.2, -0.15) is 0 Å². The number of hydrogen-bond acceptors (Lipinski definition) is 4. The van der Waals surface area contributed by atoms with E-state index in [1.54, 1.807) is 11.8 Å². The highest BCUT2D eigenvalue weighted by molar-refractivity contribution is 6.01. The Kier molecular flexibility index (Phi) is 5.74. The van der Waals surface area contributed by atoms with E-state index in [-0.39, 0.29) is 36.5 Å². The summed E-state index contributed by atoms with van der Waals surface area (Å²) in [5.41, 5.74) is 0.568. The third-order valence-electron chi connectivity index (χ3n) is 5.18. The van der Waals surface area contributed by atoms with Crippen molar-refractivity contribution in [1.29, 1.82) is 0 Å². The van der Waals surface area contributed by atoms with Gasteiger partial charge >= 0.3 is 0 Å². The van der Waals surface area contributed by atoms with Crippen LogP contribution in [0.25, 0.3) is 0 Å². The van der Waals surface area contributed by atoms with Gasteiger partial charge in [-0.15, -0.1) is 0 Å². The van der Waals surface area contributed by atoms with Crippen LogP contribution in [0, 0.1) is 11.7 Å². The Balaban J connectivity index is 1.55. The maximum atomic E-state index is 13.1. The van der Waals surface area contributed by atoms with Gasteiger partial charge in [0.25, 0.3) is 0 Å². The first-order valence-corrected chi connectivity index (χ1v) is 9.19. The zero-order valence-corrected chi connectivity index (χ0v) is 15.7. The molecule has 1 aromatic carbocycles. The predicted molar refractivity (Wildman–Crippen MR) is 98.5 cm³/mol. The fraction of sp³-hybridized carbons (Fsp3) is 0.526. The Morgan fingerprint density at radius 3 is 2.41 bits per heavy atom. The Hall–Kier alpha value is -2.48. The molecule has 0 bridgehead atoms. The van der Waals surface area contributed by atoms with E-state index in [2.05, 4.69) is 10.2 Å². The molecule has 2 heterocycles. The van der Waals surface area contributed by atoms with Crippen LogP contribution >= 0.6 is 0 Å². The molecule has 0 saturated carbocycles. The number of benzene rings is 1. The van der Waals surface area contributed by atoms with Crippen molar-refractivity contribution in [2.75, 3.05) is 44.7 Å². The van der Waals surface area contributed by atoms with Crippen molar-refractivity contribution >= 4 is 23.4 Å². The van der Waals surface area contributed by atoms with Crippen LogP contribution in [0.2, 0.25) is 0 Å².